The number of hydrogen-bond acceptors (Lipinski definition) is 4. The van der Waals surface area contributed by atoms with Crippen molar-refractivity contribution in [1.82, 2.24) is 24.7 Å². The number of carbonyl (C=O) groups is 1. The first kappa shape index (κ1) is 22.9. The highest BCUT2D eigenvalue weighted by Gasteiger charge is 2.31. The first-order valence-corrected chi connectivity index (χ1v) is 10.7. The Bertz CT molecular complexity index is 1640. The average molecular weight is 486 g/mol. The van der Waals surface area contributed by atoms with Gasteiger partial charge in [0.15, 0.2) is 5.65 Å². The van der Waals surface area contributed by atoms with Gasteiger partial charge in [0.25, 0.3) is 5.91 Å². The van der Waals surface area contributed by atoms with Gasteiger partial charge in [0.1, 0.15) is 0 Å². The fourth-order valence-electron chi connectivity index (χ4n) is 3.55. The number of fused-ring (bicyclic) bond motifs is 1. The Morgan fingerprint density at radius 3 is 2.72 bits per heavy atom. The lowest BCUT2D eigenvalue weighted by molar-refractivity contribution is -0.137. The van der Waals surface area contributed by atoms with Gasteiger partial charge in [-0.1, -0.05) is 17.9 Å². The largest absolute Gasteiger partial charge is 0.416 e. The lowest BCUT2D eigenvalue weighted by Gasteiger charge is -2.14. The third kappa shape index (κ3) is 4.81. The van der Waals surface area contributed by atoms with Crippen LogP contribution in [0.4, 0.5) is 18.9 Å². The second-order valence-corrected chi connectivity index (χ2v) is 8.00. The lowest BCUT2D eigenvalue weighted by atomic mass is 10.0. The number of amides is 1. The van der Waals surface area contributed by atoms with Gasteiger partial charge in [-0.2, -0.15) is 18.3 Å². The molecule has 0 fully saturated rings. The molecule has 0 aliphatic rings. The molecule has 10 heteroatoms. The molecule has 0 aliphatic carbocycles. The zero-order valence-corrected chi connectivity index (χ0v) is 18.8. The Labute approximate surface area is 203 Å². The summed E-state index contributed by atoms with van der Waals surface area (Å²) >= 11 is 0. The molecule has 0 bridgehead atoms. The molecule has 3 aromatic heterocycles. The fraction of sp³-hybridized carbons (Fsp3) is 0.0769. The molecule has 36 heavy (non-hydrogen) atoms. The Kier molecular flexibility index (Phi) is 5.74. The summed E-state index contributed by atoms with van der Waals surface area (Å²) in [5, 5.41) is 10.1. The maximum absolute atomic E-state index is 13.5. The number of anilines is 1. The van der Waals surface area contributed by atoms with Gasteiger partial charge >= 0.3 is 6.18 Å². The molecule has 0 saturated carbocycles. The molecule has 2 aromatic carbocycles. The molecule has 3 heterocycles. The van der Waals surface area contributed by atoms with Crippen molar-refractivity contribution in [2.75, 3.05) is 5.32 Å². The molecule has 5 rings (SSSR count). The van der Waals surface area contributed by atoms with E-state index < -0.39 is 17.6 Å². The summed E-state index contributed by atoms with van der Waals surface area (Å²) in [6.45, 7) is 1.85. The van der Waals surface area contributed by atoms with E-state index in [1.807, 2.05) is 13.0 Å². The van der Waals surface area contributed by atoms with Crippen LogP contribution >= 0.6 is 0 Å². The monoisotopic (exact) mass is 486 g/mol. The van der Waals surface area contributed by atoms with Crippen LogP contribution in [0.1, 0.15) is 32.6 Å². The highest BCUT2D eigenvalue weighted by Crippen LogP contribution is 2.33. The normalized spacial score (nSPS) is 11.2. The lowest BCUT2D eigenvalue weighted by Crippen LogP contribution is -2.14. The van der Waals surface area contributed by atoms with Crippen molar-refractivity contribution in [3.8, 4) is 17.5 Å². The van der Waals surface area contributed by atoms with E-state index in [2.05, 4.69) is 37.3 Å². The van der Waals surface area contributed by atoms with Crippen LogP contribution in [0.15, 0.2) is 73.6 Å². The first-order chi connectivity index (χ1) is 17.3. The van der Waals surface area contributed by atoms with Gasteiger partial charge in [0.05, 0.1) is 18.1 Å². The molecule has 178 valence electrons. The van der Waals surface area contributed by atoms with Gasteiger partial charge in [-0.3, -0.25) is 9.89 Å². The van der Waals surface area contributed by atoms with Crippen molar-refractivity contribution in [3.05, 3.63) is 101 Å². The van der Waals surface area contributed by atoms with E-state index in [0.717, 1.165) is 23.1 Å². The summed E-state index contributed by atoms with van der Waals surface area (Å²) in [7, 11) is 0. The first-order valence-electron chi connectivity index (χ1n) is 10.7. The van der Waals surface area contributed by atoms with Crippen LogP contribution in [-0.4, -0.2) is 30.6 Å². The van der Waals surface area contributed by atoms with Crippen molar-refractivity contribution < 1.29 is 18.0 Å². The van der Waals surface area contributed by atoms with Gasteiger partial charge in [0, 0.05) is 52.0 Å². The van der Waals surface area contributed by atoms with E-state index in [1.165, 1.54) is 29.4 Å². The molecule has 0 atom stereocenters. The molecule has 0 saturated heterocycles. The third-order valence-electron chi connectivity index (χ3n) is 5.44. The highest BCUT2D eigenvalue weighted by molar-refractivity contribution is 6.04. The smallest absolute Gasteiger partial charge is 0.322 e. The molecule has 1 amide bonds. The minimum Gasteiger partial charge on any atom is -0.322 e. The maximum atomic E-state index is 13.5. The molecule has 2 N–H and O–H groups in total. The predicted octanol–water partition coefficient (Wildman–Crippen LogP) is 5.12. The number of halogens is 3. The van der Waals surface area contributed by atoms with Crippen LogP contribution in [0.3, 0.4) is 0 Å². The van der Waals surface area contributed by atoms with Crippen molar-refractivity contribution in [2.24, 2.45) is 0 Å². The van der Waals surface area contributed by atoms with Crippen LogP contribution in [0.25, 0.3) is 16.7 Å². The number of imidazole rings is 1. The number of alkyl halides is 3. The van der Waals surface area contributed by atoms with Crippen molar-refractivity contribution in [2.45, 2.75) is 13.1 Å². The minimum absolute atomic E-state index is 0.00576. The third-order valence-corrected chi connectivity index (χ3v) is 5.44. The number of aryl methyl sites for hydroxylation is 1. The van der Waals surface area contributed by atoms with Crippen LogP contribution in [0.5, 0.6) is 0 Å². The molecule has 5 aromatic rings. The van der Waals surface area contributed by atoms with Crippen molar-refractivity contribution >= 4 is 22.6 Å². The Morgan fingerprint density at radius 1 is 1.08 bits per heavy atom. The summed E-state index contributed by atoms with van der Waals surface area (Å²) in [6, 6.07) is 10.1. The number of pyridine rings is 1. The SMILES string of the molecule is Cc1ccc(C(=O)Nc2cc(-n3ccnc3)cc(C(F)(F)F)c2)cc1C#Cc1cnc2[nH]ncc2c1. The Morgan fingerprint density at radius 2 is 1.94 bits per heavy atom. The van der Waals surface area contributed by atoms with Crippen LogP contribution < -0.4 is 5.32 Å². The second kappa shape index (κ2) is 9.03. The number of benzene rings is 2. The van der Waals surface area contributed by atoms with Crippen LogP contribution in [-0.2, 0) is 6.18 Å². The molecule has 0 radical (unpaired) electrons. The molecular weight excluding hydrogens is 469 g/mol. The predicted molar refractivity (Wildman–Crippen MR) is 128 cm³/mol. The topological polar surface area (TPSA) is 88.5 Å². The van der Waals surface area contributed by atoms with Crippen molar-refractivity contribution in [3.63, 3.8) is 0 Å². The van der Waals surface area contributed by atoms with Gasteiger partial charge in [-0.05, 0) is 48.9 Å². The number of aromatic amines is 1. The van der Waals surface area contributed by atoms with Gasteiger partial charge in [-0.25, -0.2) is 9.97 Å². The fourth-order valence-corrected chi connectivity index (χ4v) is 3.55. The number of carbonyl (C=O) groups excluding carboxylic acids is 1. The van der Waals surface area contributed by atoms with Crippen molar-refractivity contribution in [1.29, 1.82) is 0 Å². The number of rotatable bonds is 3. The number of hydrogen-bond donors (Lipinski definition) is 2. The Balaban J connectivity index is 1.43. The molecule has 7 nitrogen and oxygen atoms in total. The van der Waals surface area contributed by atoms with Crippen LogP contribution in [0, 0.1) is 18.8 Å². The summed E-state index contributed by atoms with van der Waals surface area (Å²) in [6.07, 6.45) is 3.03. The summed E-state index contributed by atoms with van der Waals surface area (Å²) < 4.78 is 41.9. The molecular formula is C26H17F3N6O. The number of nitrogens with one attached hydrogen (secondary N) is 2. The second-order valence-electron chi connectivity index (χ2n) is 8.00. The molecule has 0 aliphatic heterocycles. The maximum Gasteiger partial charge on any atom is 0.416 e. The van der Waals surface area contributed by atoms with Gasteiger partial charge in [0.2, 0.25) is 0 Å². The Hall–Kier alpha value is -4.91. The van der Waals surface area contributed by atoms with Gasteiger partial charge in [-0.15, -0.1) is 0 Å². The average Bonchev–Trinajstić information content (AvgIpc) is 3.55. The van der Waals surface area contributed by atoms with Gasteiger partial charge < -0.3 is 9.88 Å². The van der Waals surface area contributed by atoms with E-state index in [4.69, 9.17) is 0 Å². The summed E-state index contributed by atoms with van der Waals surface area (Å²) in [5.74, 6) is 5.51. The summed E-state index contributed by atoms with van der Waals surface area (Å²) in [4.78, 5) is 21.1. The molecule has 0 spiro atoms. The quantitative estimate of drug-likeness (QED) is 0.347. The summed E-state index contributed by atoms with van der Waals surface area (Å²) in [5.41, 5.74) is 2.38. The molecule has 0 unspecified atom stereocenters. The zero-order valence-electron chi connectivity index (χ0n) is 18.8. The van der Waals surface area contributed by atoms with Crippen LogP contribution in [0.2, 0.25) is 0 Å². The highest BCUT2D eigenvalue weighted by atomic mass is 19.4. The zero-order chi connectivity index (χ0) is 25.3. The number of aromatic nitrogens is 5. The van der Waals surface area contributed by atoms with E-state index >= 15 is 0 Å². The van der Waals surface area contributed by atoms with E-state index in [9.17, 15) is 18.0 Å². The number of nitrogens with zero attached hydrogens (tertiary/aromatic N) is 4. The van der Waals surface area contributed by atoms with E-state index in [-0.39, 0.29) is 16.9 Å². The van der Waals surface area contributed by atoms with E-state index in [0.29, 0.717) is 16.8 Å². The van der Waals surface area contributed by atoms with E-state index in [1.54, 1.807) is 30.6 Å². The standard InChI is InChI=1S/C26H17F3N6O/c1-16-2-4-19(9-18(16)5-3-17-8-20-14-32-34-24(20)31-13-17)25(36)33-22-10-21(26(27,28)29)11-23(12-22)35-7-6-30-15-35/h2,4,6-15H,1H3,(H,33,36)(H,31,32,34). The number of H-pyrrole nitrogens is 1. The minimum atomic E-state index is -4.59.